The first-order valence-electron chi connectivity index (χ1n) is 6.94. The monoisotopic (exact) mass is 238 g/mol. The molecule has 2 atom stereocenters. The van der Waals surface area contributed by atoms with E-state index in [2.05, 4.69) is 25.3 Å². The summed E-state index contributed by atoms with van der Waals surface area (Å²) >= 11 is 0. The van der Waals surface area contributed by atoms with Crippen molar-refractivity contribution in [3.05, 3.63) is 11.8 Å². The van der Waals surface area contributed by atoms with Gasteiger partial charge in [-0.05, 0) is 43.1 Å². The maximum atomic E-state index is 5.80. The van der Waals surface area contributed by atoms with E-state index in [1.165, 1.54) is 25.7 Å². The molecule has 0 bridgehead atoms. The molecule has 3 heteroatoms. The molecule has 0 aromatic rings. The summed E-state index contributed by atoms with van der Waals surface area (Å²) in [5.74, 6) is 7.46. The standard InChI is InChI=1S/C14H26N2O/c1-14(2)9-5-3-7-11(14)13(16-15)12-8-4-6-10-17-12/h8,11,13,16H,3-7,9-10,15H2,1-2H3. The molecular formula is C14H26N2O. The minimum absolute atomic E-state index is 0.200. The molecule has 0 amide bonds. The summed E-state index contributed by atoms with van der Waals surface area (Å²) in [6, 6.07) is 0.200. The molecule has 2 rings (SSSR count). The third kappa shape index (κ3) is 2.83. The van der Waals surface area contributed by atoms with Gasteiger partial charge in [-0.1, -0.05) is 26.7 Å². The lowest BCUT2D eigenvalue weighted by atomic mass is 9.65. The second-order valence-corrected chi connectivity index (χ2v) is 6.08. The van der Waals surface area contributed by atoms with Gasteiger partial charge in [0.2, 0.25) is 0 Å². The molecule has 98 valence electrons. The van der Waals surface area contributed by atoms with Gasteiger partial charge < -0.3 is 4.74 Å². The number of nitrogens with two attached hydrogens (primary N) is 1. The SMILES string of the molecule is CC1(C)CCCCC1C(NN)C1=CCCCO1. The van der Waals surface area contributed by atoms with Crippen molar-refractivity contribution in [3.63, 3.8) is 0 Å². The van der Waals surface area contributed by atoms with E-state index in [1.807, 2.05) is 0 Å². The van der Waals surface area contributed by atoms with Gasteiger partial charge >= 0.3 is 0 Å². The van der Waals surface area contributed by atoms with Gasteiger partial charge in [0.1, 0.15) is 5.76 Å². The number of hydrogen-bond donors (Lipinski definition) is 2. The number of allylic oxidation sites excluding steroid dienone is 1. The van der Waals surface area contributed by atoms with Crippen molar-refractivity contribution >= 4 is 0 Å². The van der Waals surface area contributed by atoms with Gasteiger partial charge in [0.25, 0.3) is 0 Å². The van der Waals surface area contributed by atoms with Crippen LogP contribution in [0.3, 0.4) is 0 Å². The Kier molecular flexibility index (Phi) is 4.10. The topological polar surface area (TPSA) is 47.3 Å². The second kappa shape index (κ2) is 5.40. The van der Waals surface area contributed by atoms with E-state index in [0.717, 1.165) is 25.2 Å². The van der Waals surface area contributed by atoms with E-state index < -0.39 is 0 Å². The molecule has 0 radical (unpaired) electrons. The quantitative estimate of drug-likeness (QED) is 0.587. The first kappa shape index (κ1) is 12.9. The molecule has 3 nitrogen and oxygen atoms in total. The van der Waals surface area contributed by atoms with Crippen LogP contribution in [0.1, 0.15) is 52.4 Å². The molecule has 1 aliphatic carbocycles. The first-order valence-corrected chi connectivity index (χ1v) is 6.94. The van der Waals surface area contributed by atoms with Crippen LogP contribution < -0.4 is 11.3 Å². The van der Waals surface area contributed by atoms with Crippen LogP contribution in [0.5, 0.6) is 0 Å². The Morgan fingerprint density at radius 2 is 2.24 bits per heavy atom. The van der Waals surface area contributed by atoms with Gasteiger partial charge in [0.15, 0.2) is 0 Å². The van der Waals surface area contributed by atoms with Gasteiger partial charge in [-0.2, -0.15) is 0 Å². The normalized spacial score (nSPS) is 30.3. The molecule has 3 N–H and O–H groups in total. The summed E-state index contributed by atoms with van der Waals surface area (Å²) in [6.45, 7) is 5.58. The largest absolute Gasteiger partial charge is 0.497 e. The van der Waals surface area contributed by atoms with E-state index in [-0.39, 0.29) is 6.04 Å². The average Bonchev–Trinajstić information content (AvgIpc) is 2.33. The highest BCUT2D eigenvalue weighted by Crippen LogP contribution is 2.44. The Balaban J connectivity index is 2.13. The summed E-state index contributed by atoms with van der Waals surface area (Å²) in [7, 11) is 0. The molecular weight excluding hydrogens is 212 g/mol. The van der Waals surface area contributed by atoms with E-state index in [4.69, 9.17) is 10.6 Å². The Labute approximate surface area is 105 Å². The molecule has 2 aliphatic rings. The summed E-state index contributed by atoms with van der Waals surface area (Å²) < 4.78 is 5.80. The molecule has 2 unspecified atom stereocenters. The fourth-order valence-electron chi connectivity index (χ4n) is 3.33. The van der Waals surface area contributed by atoms with Crippen molar-refractivity contribution in [1.29, 1.82) is 0 Å². The maximum Gasteiger partial charge on any atom is 0.111 e. The van der Waals surface area contributed by atoms with Crippen molar-refractivity contribution < 1.29 is 4.74 Å². The summed E-state index contributed by atoms with van der Waals surface area (Å²) in [4.78, 5) is 0. The Bertz CT molecular complexity index is 286. The highest BCUT2D eigenvalue weighted by molar-refractivity contribution is 5.10. The highest BCUT2D eigenvalue weighted by Gasteiger charge is 2.39. The van der Waals surface area contributed by atoms with Crippen molar-refractivity contribution in [1.82, 2.24) is 5.43 Å². The minimum Gasteiger partial charge on any atom is -0.497 e. The Morgan fingerprint density at radius 3 is 2.82 bits per heavy atom. The fraction of sp³-hybridized carbons (Fsp3) is 0.857. The average molecular weight is 238 g/mol. The third-order valence-electron chi connectivity index (χ3n) is 4.44. The van der Waals surface area contributed by atoms with Crippen LogP contribution in [0.25, 0.3) is 0 Å². The van der Waals surface area contributed by atoms with Crippen LogP contribution in [0, 0.1) is 11.3 Å². The van der Waals surface area contributed by atoms with E-state index in [9.17, 15) is 0 Å². The summed E-state index contributed by atoms with van der Waals surface area (Å²) in [6.07, 6.45) is 9.69. The molecule has 0 aromatic heterocycles. The van der Waals surface area contributed by atoms with Gasteiger partial charge in [-0.15, -0.1) is 0 Å². The smallest absolute Gasteiger partial charge is 0.111 e. The fourth-order valence-corrected chi connectivity index (χ4v) is 3.33. The van der Waals surface area contributed by atoms with Crippen molar-refractivity contribution in [2.24, 2.45) is 17.2 Å². The molecule has 17 heavy (non-hydrogen) atoms. The van der Waals surface area contributed by atoms with Gasteiger partial charge in [0, 0.05) is 0 Å². The Hall–Kier alpha value is -0.540. The number of rotatable bonds is 3. The molecule has 0 spiro atoms. The first-order chi connectivity index (χ1) is 8.15. The summed E-state index contributed by atoms with van der Waals surface area (Å²) in [5, 5.41) is 0. The molecule has 0 saturated heterocycles. The predicted octanol–water partition coefficient (Wildman–Crippen LogP) is 2.73. The molecule has 1 aliphatic heterocycles. The zero-order valence-corrected chi connectivity index (χ0v) is 11.2. The molecule has 0 aromatic carbocycles. The molecule has 1 heterocycles. The van der Waals surface area contributed by atoms with Crippen LogP contribution >= 0.6 is 0 Å². The van der Waals surface area contributed by atoms with Crippen molar-refractivity contribution in [2.75, 3.05) is 6.61 Å². The second-order valence-electron chi connectivity index (χ2n) is 6.08. The maximum absolute atomic E-state index is 5.80. The number of hydrazine groups is 1. The molecule has 1 saturated carbocycles. The van der Waals surface area contributed by atoms with E-state index in [1.54, 1.807) is 0 Å². The van der Waals surface area contributed by atoms with Crippen LogP contribution in [0.2, 0.25) is 0 Å². The lowest BCUT2D eigenvalue weighted by Gasteiger charge is -2.43. The Morgan fingerprint density at radius 1 is 1.41 bits per heavy atom. The van der Waals surface area contributed by atoms with Gasteiger partial charge in [-0.3, -0.25) is 5.84 Å². The third-order valence-corrected chi connectivity index (χ3v) is 4.44. The van der Waals surface area contributed by atoms with Gasteiger partial charge in [0.05, 0.1) is 12.6 Å². The van der Waals surface area contributed by atoms with E-state index in [0.29, 0.717) is 11.3 Å². The number of hydrogen-bond acceptors (Lipinski definition) is 3. The molecule has 1 fully saturated rings. The highest BCUT2D eigenvalue weighted by atomic mass is 16.5. The lowest BCUT2D eigenvalue weighted by molar-refractivity contribution is 0.0713. The van der Waals surface area contributed by atoms with Crippen LogP contribution in [0.15, 0.2) is 11.8 Å². The zero-order chi connectivity index (χ0) is 12.3. The predicted molar refractivity (Wildman–Crippen MR) is 70.1 cm³/mol. The lowest BCUT2D eigenvalue weighted by Crippen LogP contribution is -2.49. The van der Waals surface area contributed by atoms with E-state index >= 15 is 0 Å². The van der Waals surface area contributed by atoms with Crippen LogP contribution in [-0.2, 0) is 4.74 Å². The summed E-state index contributed by atoms with van der Waals surface area (Å²) in [5.41, 5.74) is 3.36. The van der Waals surface area contributed by atoms with Crippen LogP contribution in [-0.4, -0.2) is 12.6 Å². The van der Waals surface area contributed by atoms with Crippen molar-refractivity contribution in [3.8, 4) is 0 Å². The van der Waals surface area contributed by atoms with Gasteiger partial charge in [-0.25, -0.2) is 5.43 Å². The van der Waals surface area contributed by atoms with Crippen molar-refractivity contribution in [2.45, 2.75) is 58.4 Å². The minimum atomic E-state index is 0.200. The van der Waals surface area contributed by atoms with Crippen LogP contribution in [0.4, 0.5) is 0 Å². The zero-order valence-electron chi connectivity index (χ0n) is 11.2. The number of nitrogens with one attached hydrogen (secondary N) is 1. The number of ether oxygens (including phenoxy) is 1.